The summed E-state index contributed by atoms with van der Waals surface area (Å²) in [7, 11) is 5.29. The number of anilines is 1. The third kappa shape index (κ3) is 12.5. The molecule has 13 atom stereocenters. The molecule has 3 saturated heterocycles. The first-order chi connectivity index (χ1) is 30.3. The van der Waals surface area contributed by atoms with Crippen molar-refractivity contribution in [3.05, 3.63) is 30.5 Å². The number of Topliss-reactive ketones (excluding diaryl/α,β-unsaturated/α-hetero) is 1. The molecule has 1 aromatic carbocycles. The number of aliphatic hydroxyl groups excluding tert-OH is 2. The fourth-order valence-corrected chi connectivity index (χ4v) is 9.79. The highest BCUT2D eigenvalue weighted by atomic mass is 32.2. The van der Waals surface area contributed by atoms with Crippen LogP contribution in [0.5, 0.6) is 0 Å². The number of nitrogens with two attached hydrogens (primary N) is 1. The van der Waals surface area contributed by atoms with E-state index in [0.717, 1.165) is 5.56 Å². The first kappa shape index (κ1) is 53.2. The van der Waals surface area contributed by atoms with Crippen LogP contribution in [0.25, 0.3) is 11.3 Å². The molecule has 0 spiro atoms. The molecule has 3 fully saturated rings. The van der Waals surface area contributed by atoms with Crippen molar-refractivity contribution < 1.29 is 52.2 Å². The van der Waals surface area contributed by atoms with Crippen LogP contribution in [0.4, 0.5) is 14.4 Å². The van der Waals surface area contributed by atoms with Gasteiger partial charge in [0.1, 0.15) is 23.8 Å². The number of carbonyl (C=O) groups is 3. The van der Waals surface area contributed by atoms with Crippen molar-refractivity contribution in [3.8, 4) is 11.3 Å². The van der Waals surface area contributed by atoms with Gasteiger partial charge in [-0.3, -0.25) is 19.2 Å². The van der Waals surface area contributed by atoms with E-state index >= 15 is 0 Å². The SMILES string of the molecule is CC[C@H]1OC(=O)[C@H](C)C(=O)[C@H](C)[C@@H](O[C@@H]2OC(C)CC(N(C)C)C2O)[C@](CCO)(OC)C[C@@H](C)CN[C@H](C)[C@H]2N(CCCCn3cc(-c4cccc(N)c4)nn3)C(=O)O[C@]12C.CSF. The Balaban J connectivity index is 0.00000291. The third-order valence-electron chi connectivity index (χ3n) is 13.1. The molecule has 5 N–H and O–H groups in total. The Morgan fingerprint density at radius 1 is 1.12 bits per heavy atom. The Morgan fingerprint density at radius 2 is 1.81 bits per heavy atom. The lowest BCUT2D eigenvalue weighted by atomic mass is 9.76. The lowest BCUT2D eigenvalue weighted by Gasteiger charge is -2.48. The first-order valence-electron chi connectivity index (χ1n) is 22.5. The molecule has 3 aliphatic rings. The van der Waals surface area contributed by atoms with Crippen LogP contribution in [-0.4, -0.2) is 160 Å². The Hall–Kier alpha value is -3.43. The molecule has 17 nitrogen and oxygen atoms in total. The fourth-order valence-electron chi connectivity index (χ4n) is 9.79. The van der Waals surface area contributed by atoms with E-state index in [-0.39, 0.29) is 49.3 Å². The Labute approximate surface area is 382 Å². The van der Waals surface area contributed by atoms with Crippen molar-refractivity contribution >= 4 is 35.7 Å². The van der Waals surface area contributed by atoms with Gasteiger partial charge in [-0.1, -0.05) is 38.1 Å². The molecule has 4 heterocycles. The van der Waals surface area contributed by atoms with Gasteiger partial charge in [0.15, 0.2) is 17.7 Å². The van der Waals surface area contributed by atoms with Gasteiger partial charge in [0.05, 0.1) is 30.0 Å². The number of unbranched alkanes of at least 4 members (excludes halogenated alkanes) is 1. The maximum absolute atomic E-state index is 14.5. The number of hydrogen-bond acceptors (Lipinski definition) is 16. The van der Waals surface area contributed by atoms with Crippen molar-refractivity contribution in [2.75, 3.05) is 52.9 Å². The number of amides is 1. The Bertz CT molecular complexity index is 1810. The number of likely N-dealkylation sites (N-methyl/N-ethyl adjacent to an activating group) is 1. The third-order valence-corrected chi connectivity index (χ3v) is 13.1. The van der Waals surface area contributed by atoms with Gasteiger partial charge in [0.2, 0.25) is 0 Å². The summed E-state index contributed by atoms with van der Waals surface area (Å²) in [5.74, 6) is -3.54. The Morgan fingerprint density at radius 3 is 2.44 bits per heavy atom. The van der Waals surface area contributed by atoms with Gasteiger partial charge in [-0.2, -0.15) is 3.89 Å². The summed E-state index contributed by atoms with van der Waals surface area (Å²) in [6, 6.07) is 6.29. The maximum atomic E-state index is 14.5. The van der Waals surface area contributed by atoms with Crippen LogP contribution in [0.15, 0.2) is 30.5 Å². The van der Waals surface area contributed by atoms with Crippen LogP contribution in [0, 0.1) is 17.8 Å². The van der Waals surface area contributed by atoms with Gasteiger partial charge >= 0.3 is 12.1 Å². The second-order valence-electron chi connectivity index (χ2n) is 18.2. The monoisotopic (exact) mass is 924 g/mol. The van der Waals surface area contributed by atoms with E-state index in [1.54, 1.807) is 23.4 Å². The molecule has 5 rings (SSSR count). The minimum Gasteiger partial charge on any atom is -0.458 e. The number of hydrogen-bond donors (Lipinski definition) is 4. The molecule has 0 radical (unpaired) electrons. The number of aromatic nitrogens is 3. The van der Waals surface area contributed by atoms with Gasteiger partial charge < -0.3 is 49.8 Å². The van der Waals surface area contributed by atoms with Gasteiger partial charge in [0, 0.05) is 80.9 Å². The average Bonchev–Trinajstić information content (AvgIpc) is 3.83. The highest BCUT2D eigenvalue weighted by Crippen LogP contribution is 2.41. The molecule has 362 valence electrons. The summed E-state index contributed by atoms with van der Waals surface area (Å²) in [4.78, 5) is 46.1. The Kier molecular flexibility index (Phi) is 19.8. The van der Waals surface area contributed by atoms with Crippen LogP contribution in [0.1, 0.15) is 87.0 Å². The number of methoxy groups -OCH3 is 1. The molecule has 3 unspecified atom stereocenters. The molecule has 3 aliphatic heterocycles. The molecule has 0 bridgehead atoms. The summed E-state index contributed by atoms with van der Waals surface area (Å²) in [5.41, 5.74) is 5.69. The van der Waals surface area contributed by atoms with Crippen LogP contribution >= 0.6 is 12.1 Å². The number of cyclic esters (lactones) is 1. The molecular weight excluding hydrogens is 850 g/mol. The van der Waals surface area contributed by atoms with E-state index in [0.29, 0.717) is 63.1 Å². The predicted molar refractivity (Wildman–Crippen MR) is 243 cm³/mol. The number of nitrogen functional groups attached to an aromatic ring is 1. The molecule has 0 saturated carbocycles. The smallest absolute Gasteiger partial charge is 0.410 e. The highest BCUT2D eigenvalue weighted by molar-refractivity contribution is 7.93. The first-order valence-corrected chi connectivity index (χ1v) is 23.6. The number of nitrogens with one attached hydrogen (secondary N) is 1. The zero-order valence-electron chi connectivity index (χ0n) is 39.6. The van der Waals surface area contributed by atoms with Crippen molar-refractivity contribution in [1.29, 1.82) is 0 Å². The normalized spacial score (nSPS) is 34.3. The topological polar surface area (TPSA) is 213 Å². The number of rotatable bonds is 13. The predicted octanol–water partition coefficient (Wildman–Crippen LogP) is 4.88. The number of aliphatic hydroxyl groups is 2. The van der Waals surface area contributed by atoms with Gasteiger partial charge in [-0.05, 0) is 98.5 Å². The van der Waals surface area contributed by atoms with E-state index < -0.39 is 71.5 Å². The summed E-state index contributed by atoms with van der Waals surface area (Å²) in [6.45, 7) is 13.9. The van der Waals surface area contributed by atoms with Crippen molar-refractivity contribution in [2.45, 2.75) is 154 Å². The number of carbonyl (C=O) groups excluding carboxylic acids is 3. The maximum Gasteiger partial charge on any atom is 0.410 e. The van der Waals surface area contributed by atoms with Gasteiger partial charge in [0.25, 0.3) is 0 Å². The van der Waals surface area contributed by atoms with Crippen LogP contribution < -0.4 is 11.1 Å². The van der Waals surface area contributed by atoms with E-state index in [9.17, 15) is 28.5 Å². The number of esters is 1. The number of nitrogens with zero attached hydrogens (tertiary/aromatic N) is 5. The van der Waals surface area contributed by atoms with Gasteiger partial charge in [-0.15, -0.1) is 5.10 Å². The number of ketones is 1. The average molecular weight is 924 g/mol. The summed E-state index contributed by atoms with van der Waals surface area (Å²) in [5, 5.41) is 34.3. The molecule has 1 aromatic heterocycles. The largest absolute Gasteiger partial charge is 0.458 e. The quantitative estimate of drug-likeness (QED) is 0.0913. The standard InChI is InChI=1S/C44H71N7O10.CH3FS/c1-11-35-43(7)38(51(42(56)61-43)19-13-12-18-50-25-33(47-48-50)31-15-14-16-32(45)22-31)30(6)46-24-26(2)23-44(57-10,17-20-52)39(28(4)36(53)29(5)40(55)59-35)60-41-37(54)34(49(8)9)21-27(3)58-41;1-3-2/h14-16,22,25-30,34-35,37-39,41,46,52,54H,11-13,17-21,23-24,45H2,1-10H3;1H3/t26-,27?,28+,29-,30-,34?,35-,37?,38-,39-,41+,43-,44-;/m1./s1. The van der Waals surface area contributed by atoms with Crippen LogP contribution in [-0.2, 0) is 39.8 Å². The zero-order valence-corrected chi connectivity index (χ0v) is 40.4. The lowest BCUT2D eigenvalue weighted by molar-refractivity contribution is -0.298. The van der Waals surface area contributed by atoms with Crippen molar-refractivity contribution in [3.63, 3.8) is 0 Å². The molecule has 0 aliphatic carbocycles. The van der Waals surface area contributed by atoms with E-state index in [1.165, 1.54) is 20.3 Å². The molecule has 19 heteroatoms. The van der Waals surface area contributed by atoms with Crippen molar-refractivity contribution in [1.82, 2.24) is 30.1 Å². The lowest BCUT2D eigenvalue weighted by Crippen LogP contribution is -2.61. The summed E-state index contributed by atoms with van der Waals surface area (Å²) < 4.78 is 43.6. The summed E-state index contributed by atoms with van der Waals surface area (Å²) >= 11 is 0.250. The van der Waals surface area contributed by atoms with Gasteiger partial charge in [-0.25, -0.2) is 4.79 Å². The van der Waals surface area contributed by atoms with Crippen molar-refractivity contribution in [2.24, 2.45) is 17.8 Å². The second-order valence-corrected chi connectivity index (χ2v) is 18.5. The summed E-state index contributed by atoms with van der Waals surface area (Å²) in [6.07, 6.45) is 1.04. The minimum atomic E-state index is -1.27. The highest BCUT2D eigenvalue weighted by Gasteiger charge is 2.59. The van der Waals surface area contributed by atoms with Crippen LogP contribution in [0.2, 0.25) is 0 Å². The number of aryl methyl sites for hydroxylation is 1. The van der Waals surface area contributed by atoms with Crippen LogP contribution in [0.3, 0.4) is 0 Å². The minimum absolute atomic E-state index is 0.103. The number of fused-ring (bicyclic) bond motifs is 1. The molecule has 2 aromatic rings. The number of benzene rings is 1. The number of halogens is 1. The zero-order chi connectivity index (χ0) is 47.5. The molecular formula is C45H74FN7O10S. The van der Waals surface area contributed by atoms with E-state index in [1.807, 2.05) is 77.2 Å². The van der Waals surface area contributed by atoms with E-state index in [4.69, 9.17) is 29.4 Å². The fraction of sp³-hybridized carbons (Fsp3) is 0.756. The molecule has 64 heavy (non-hydrogen) atoms. The molecule has 1 amide bonds. The van der Waals surface area contributed by atoms with E-state index in [2.05, 4.69) is 15.6 Å². The number of ether oxygens (including phenoxy) is 5. The second kappa shape index (κ2) is 23.8.